The second-order valence-corrected chi connectivity index (χ2v) is 4.90. The van der Waals surface area contributed by atoms with Crippen molar-refractivity contribution in [2.45, 2.75) is 6.42 Å². The molecular formula is C13H11BrFN3O2. The molecule has 2 aromatic rings. The summed E-state index contributed by atoms with van der Waals surface area (Å²) in [5, 5.41) is 13.6. The maximum Gasteiger partial charge on any atom is 0.288 e. The fourth-order valence-corrected chi connectivity index (χ4v) is 2.15. The molecule has 0 spiro atoms. The minimum absolute atomic E-state index is 0.0865. The van der Waals surface area contributed by atoms with Gasteiger partial charge in [-0.15, -0.1) is 0 Å². The van der Waals surface area contributed by atoms with E-state index in [1.165, 1.54) is 18.3 Å². The van der Waals surface area contributed by atoms with Gasteiger partial charge in [-0.2, -0.15) is 0 Å². The molecule has 0 amide bonds. The van der Waals surface area contributed by atoms with E-state index in [-0.39, 0.29) is 11.5 Å². The van der Waals surface area contributed by atoms with E-state index in [2.05, 4.69) is 26.2 Å². The zero-order valence-corrected chi connectivity index (χ0v) is 11.9. The summed E-state index contributed by atoms with van der Waals surface area (Å²) in [7, 11) is 0. The molecule has 2 rings (SSSR count). The highest BCUT2D eigenvalue weighted by atomic mass is 79.9. The Hall–Kier alpha value is -2.02. The van der Waals surface area contributed by atoms with Crippen molar-refractivity contribution in [3.63, 3.8) is 0 Å². The molecule has 0 fully saturated rings. The molecule has 1 aromatic carbocycles. The van der Waals surface area contributed by atoms with Gasteiger partial charge in [0.15, 0.2) is 0 Å². The van der Waals surface area contributed by atoms with Crippen molar-refractivity contribution in [3.05, 3.63) is 62.5 Å². The third kappa shape index (κ3) is 3.51. The van der Waals surface area contributed by atoms with Gasteiger partial charge < -0.3 is 5.32 Å². The number of nitrogens with zero attached hydrogens (tertiary/aromatic N) is 2. The van der Waals surface area contributed by atoms with E-state index >= 15 is 0 Å². The summed E-state index contributed by atoms with van der Waals surface area (Å²) in [4.78, 5) is 14.0. The van der Waals surface area contributed by atoms with Crippen molar-refractivity contribution in [2.24, 2.45) is 0 Å². The highest BCUT2D eigenvalue weighted by Gasteiger charge is 2.10. The lowest BCUT2D eigenvalue weighted by molar-refractivity contribution is -0.385. The molecule has 0 unspecified atom stereocenters. The summed E-state index contributed by atoms with van der Waals surface area (Å²) < 4.78 is 13.9. The Balaban J connectivity index is 1.98. The minimum Gasteiger partial charge on any atom is -0.369 e. The third-order valence-electron chi connectivity index (χ3n) is 2.68. The second kappa shape index (κ2) is 6.42. The van der Waals surface area contributed by atoms with E-state index in [1.54, 1.807) is 18.2 Å². The lowest BCUT2D eigenvalue weighted by Gasteiger charge is -2.07. The quantitative estimate of drug-likeness (QED) is 0.668. The van der Waals surface area contributed by atoms with Gasteiger partial charge in [0.05, 0.1) is 9.40 Å². The fourth-order valence-electron chi connectivity index (χ4n) is 1.67. The van der Waals surface area contributed by atoms with E-state index < -0.39 is 4.92 Å². The molecule has 20 heavy (non-hydrogen) atoms. The molecule has 7 heteroatoms. The van der Waals surface area contributed by atoms with Crippen LogP contribution in [0.2, 0.25) is 0 Å². The Morgan fingerprint density at radius 2 is 2.15 bits per heavy atom. The molecule has 1 N–H and O–H groups in total. The number of nitrogens with one attached hydrogen (secondary N) is 1. The van der Waals surface area contributed by atoms with Gasteiger partial charge in [-0.05, 0) is 34.0 Å². The van der Waals surface area contributed by atoms with Crippen LogP contribution in [0.3, 0.4) is 0 Å². The fraction of sp³-hybridized carbons (Fsp3) is 0.154. The van der Waals surface area contributed by atoms with Crippen molar-refractivity contribution >= 4 is 27.4 Å². The predicted molar refractivity (Wildman–Crippen MR) is 77.2 cm³/mol. The zero-order chi connectivity index (χ0) is 14.5. The van der Waals surface area contributed by atoms with E-state index in [1.807, 2.05) is 0 Å². The molecule has 0 bridgehead atoms. The minimum atomic E-state index is -0.513. The van der Waals surface area contributed by atoms with E-state index in [0.29, 0.717) is 28.8 Å². The molecule has 1 aromatic heterocycles. The van der Waals surface area contributed by atoms with Crippen LogP contribution >= 0.6 is 15.9 Å². The molecule has 0 radical (unpaired) electrons. The number of aromatic nitrogens is 1. The normalized spacial score (nSPS) is 10.3. The number of benzene rings is 1. The van der Waals surface area contributed by atoms with Crippen LogP contribution in [-0.2, 0) is 6.42 Å². The average Bonchev–Trinajstić information content (AvgIpc) is 2.42. The molecule has 0 saturated heterocycles. The molecule has 0 aliphatic heterocycles. The van der Waals surface area contributed by atoms with Gasteiger partial charge in [-0.1, -0.05) is 18.2 Å². The molecule has 0 aliphatic rings. The van der Waals surface area contributed by atoms with Gasteiger partial charge in [0.25, 0.3) is 5.69 Å². The smallest absolute Gasteiger partial charge is 0.288 e. The van der Waals surface area contributed by atoms with Crippen molar-refractivity contribution in [1.29, 1.82) is 0 Å². The average molecular weight is 340 g/mol. The van der Waals surface area contributed by atoms with Crippen LogP contribution in [-0.4, -0.2) is 16.5 Å². The summed E-state index contributed by atoms with van der Waals surface area (Å²) in [6.07, 6.45) is 1.67. The summed E-state index contributed by atoms with van der Waals surface area (Å²) in [5.74, 6) is 0.247. The van der Waals surface area contributed by atoms with Crippen molar-refractivity contribution in [1.82, 2.24) is 4.98 Å². The monoisotopic (exact) mass is 339 g/mol. The van der Waals surface area contributed by atoms with Crippen molar-refractivity contribution < 1.29 is 9.31 Å². The van der Waals surface area contributed by atoms with Crippen LogP contribution in [0.15, 0.2) is 41.0 Å². The molecular weight excluding hydrogens is 329 g/mol. The Morgan fingerprint density at radius 3 is 2.80 bits per heavy atom. The maximum absolute atomic E-state index is 13.4. The lowest BCUT2D eigenvalue weighted by atomic mass is 10.1. The zero-order valence-electron chi connectivity index (χ0n) is 10.3. The van der Waals surface area contributed by atoms with Crippen LogP contribution in [0.25, 0.3) is 0 Å². The van der Waals surface area contributed by atoms with Crippen LogP contribution in [0, 0.1) is 15.9 Å². The topological polar surface area (TPSA) is 68.1 Å². The summed E-state index contributed by atoms with van der Waals surface area (Å²) in [5.41, 5.74) is 0.523. The third-order valence-corrected chi connectivity index (χ3v) is 3.29. The Bertz CT molecular complexity index is 637. The summed E-state index contributed by atoms with van der Waals surface area (Å²) in [6.45, 7) is 0.477. The number of halogens is 2. The Labute approximate surface area is 123 Å². The highest BCUT2D eigenvalue weighted by molar-refractivity contribution is 9.10. The van der Waals surface area contributed by atoms with Gasteiger partial charge in [-0.3, -0.25) is 10.1 Å². The van der Waals surface area contributed by atoms with Crippen molar-refractivity contribution in [2.75, 3.05) is 11.9 Å². The summed E-state index contributed by atoms with van der Waals surface area (Å²) >= 11 is 3.21. The van der Waals surface area contributed by atoms with Crippen LogP contribution in [0.4, 0.5) is 15.9 Å². The molecule has 0 saturated carbocycles. The van der Waals surface area contributed by atoms with E-state index in [9.17, 15) is 14.5 Å². The molecule has 1 heterocycles. The van der Waals surface area contributed by atoms with E-state index in [4.69, 9.17) is 0 Å². The first kappa shape index (κ1) is 14.4. The number of anilines is 1. The van der Waals surface area contributed by atoms with Crippen LogP contribution in [0.5, 0.6) is 0 Å². The lowest BCUT2D eigenvalue weighted by Crippen LogP contribution is -2.08. The molecule has 0 atom stereocenters. The SMILES string of the molecule is O=[N+]([O-])c1cnc(NCCc2ccccc2F)c(Br)c1. The van der Waals surface area contributed by atoms with Gasteiger partial charge in [-0.25, -0.2) is 9.37 Å². The number of rotatable bonds is 5. The number of nitro groups is 1. The highest BCUT2D eigenvalue weighted by Crippen LogP contribution is 2.24. The number of pyridine rings is 1. The number of hydrogen-bond donors (Lipinski definition) is 1. The molecule has 0 aliphatic carbocycles. The first-order valence-corrected chi connectivity index (χ1v) is 6.64. The van der Waals surface area contributed by atoms with Crippen LogP contribution < -0.4 is 5.32 Å². The van der Waals surface area contributed by atoms with Gasteiger partial charge in [0.1, 0.15) is 17.8 Å². The maximum atomic E-state index is 13.4. The predicted octanol–water partition coefficient (Wildman–Crippen LogP) is 3.55. The molecule has 104 valence electrons. The van der Waals surface area contributed by atoms with Gasteiger partial charge in [0.2, 0.25) is 0 Å². The standard InChI is InChI=1S/C13H11BrFN3O2/c14-11-7-10(18(19)20)8-17-13(11)16-6-5-9-3-1-2-4-12(9)15/h1-4,7-8H,5-6H2,(H,16,17). The van der Waals surface area contributed by atoms with Gasteiger partial charge in [0, 0.05) is 12.6 Å². The molecule has 5 nitrogen and oxygen atoms in total. The van der Waals surface area contributed by atoms with Gasteiger partial charge >= 0.3 is 0 Å². The second-order valence-electron chi connectivity index (χ2n) is 4.05. The first-order valence-electron chi connectivity index (χ1n) is 5.85. The van der Waals surface area contributed by atoms with Crippen LogP contribution in [0.1, 0.15) is 5.56 Å². The van der Waals surface area contributed by atoms with Crippen molar-refractivity contribution in [3.8, 4) is 0 Å². The summed E-state index contributed by atoms with van der Waals surface area (Å²) in [6, 6.07) is 7.92. The Morgan fingerprint density at radius 1 is 1.40 bits per heavy atom. The Kier molecular flexibility index (Phi) is 4.62. The first-order chi connectivity index (χ1) is 9.58. The number of hydrogen-bond acceptors (Lipinski definition) is 4. The van der Waals surface area contributed by atoms with E-state index in [0.717, 1.165) is 0 Å². The largest absolute Gasteiger partial charge is 0.369 e.